The molecule has 6 heteroatoms. The van der Waals surface area contributed by atoms with Crippen molar-refractivity contribution in [1.29, 1.82) is 0 Å². The van der Waals surface area contributed by atoms with Crippen LogP contribution in [0.4, 0.5) is 0 Å². The third-order valence-electron chi connectivity index (χ3n) is 7.23. The molecule has 4 aromatic carbocycles. The van der Waals surface area contributed by atoms with E-state index in [4.69, 9.17) is 14.2 Å². The summed E-state index contributed by atoms with van der Waals surface area (Å²) in [6, 6.07) is 31.7. The number of hydrogen-bond acceptors (Lipinski definition) is 5. The molecule has 0 aromatic heterocycles. The summed E-state index contributed by atoms with van der Waals surface area (Å²) in [5.41, 5.74) is 3.40. The number of ether oxygens (including phenoxy) is 3. The van der Waals surface area contributed by atoms with Gasteiger partial charge in [-0.3, -0.25) is 9.59 Å². The van der Waals surface area contributed by atoms with Crippen molar-refractivity contribution >= 4 is 11.9 Å². The van der Waals surface area contributed by atoms with Gasteiger partial charge in [0.25, 0.3) is 0 Å². The van der Waals surface area contributed by atoms with Crippen LogP contribution in [0.1, 0.15) is 23.0 Å². The monoisotopic (exact) mass is 492 g/mol. The normalized spacial score (nSPS) is 21.6. The van der Waals surface area contributed by atoms with Gasteiger partial charge in [-0.05, 0) is 46.5 Å². The number of benzene rings is 4. The number of fused-ring (bicyclic) bond motifs is 1. The van der Waals surface area contributed by atoms with Crippen LogP contribution in [-0.2, 0) is 9.59 Å². The molecule has 0 saturated heterocycles. The second-order valence-corrected chi connectivity index (χ2v) is 9.28. The topological polar surface area (TPSA) is 82.1 Å². The van der Waals surface area contributed by atoms with Crippen molar-refractivity contribution in [2.24, 2.45) is 11.8 Å². The highest BCUT2D eigenvalue weighted by Crippen LogP contribution is 2.58. The number of esters is 1. The number of carbonyl (C=O) groups is 2. The van der Waals surface area contributed by atoms with Gasteiger partial charge in [0.1, 0.15) is 5.75 Å². The molecule has 1 heterocycles. The molecule has 4 aromatic rings. The van der Waals surface area contributed by atoms with Crippen molar-refractivity contribution in [3.63, 3.8) is 0 Å². The smallest absolute Gasteiger partial charge is 0.315 e. The quantitative estimate of drug-likeness (QED) is 0.267. The van der Waals surface area contributed by atoms with E-state index < -0.39 is 35.6 Å². The Labute approximate surface area is 214 Å². The number of carboxylic acids is 1. The van der Waals surface area contributed by atoms with Crippen LogP contribution in [-0.4, -0.2) is 23.8 Å². The Morgan fingerprint density at radius 1 is 0.676 bits per heavy atom. The minimum atomic E-state index is -0.920. The summed E-state index contributed by atoms with van der Waals surface area (Å²) in [6.45, 7) is 0.195. The van der Waals surface area contributed by atoms with Crippen LogP contribution in [0.5, 0.6) is 17.2 Å². The molecule has 2 unspecified atom stereocenters. The van der Waals surface area contributed by atoms with Crippen LogP contribution < -0.4 is 14.2 Å². The number of hydrogen-bond donors (Lipinski definition) is 1. The van der Waals surface area contributed by atoms with Gasteiger partial charge in [0, 0.05) is 11.8 Å². The first-order valence-corrected chi connectivity index (χ1v) is 12.1. The van der Waals surface area contributed by atoms with E-state index >= 15 is 0 Å². The molecule has 184 valence electrons. The van der Waals surface area contributed by atoms with Crippen molar-refractivity contribution in [3.05, 3.63) is 114 Å². The zero-order valence-electron chi connectivity index (χ0n) is 19.8. The SMILES string of the molecule is O=C(Oc1cccc(-c2ccc3c(c2)OCO3)c1)C1C(c2ccccc2)[C@@H](C(=O)O)[C@@H]1c1ccccc1. The van der Waals surface area contributed by atoms with Gasteiger partial charge in [-0.15, -0.1) is 0 Å². The molecule has 1 N–H and O–H groups in total. The van der Waals surface area contributed by atoms with Gasteiger partial charge >= 0.3 is 11.9 Å². The molecule has 1 saturated carbocycles. The van der Waals surface area contributed by atoms with E-state index in [9.17, 15) is 14.7 Å². The summed E-state index contributed by atoms with van der Waals surface area (Å²) in [5.74, 6) is -1.95. The molecular weight excluding hydrogens is 468 g/mol. The van der Waals surface area contributed by atoms with E-state index in [1.807, 2.05) is 91.0 Å². The van der Waals surface area contributed by atoms with E-state index in [0.717, 1.165) is 22.3 Å². The maximum absolute atomic E-state index is 13.7. The molecule has 6 nitrogen and oxygen atoms in total. The lowest BCUT2D eigenvalue weighted by Crippen LogP contribution is -2.52. The van der Waals surface area contributed by atoms with Gasteiger partial charge in [-0.1, -0.05) is 78.9 Å². The predicted octanol–water partition coefficient (Wildman–Crippen LogP) is 5.89. The summed E-state index contributed by atoms with van der Waals surface area (Å²) < 4.78 is 16.8. The fraction of sp³-hybridized carbons (Fsp3) is 0.161. The Balaban J connectivity index is 1.32. The zero-order valence-corrected chi connectivity index (χ0v) is 19.8. The first-order chi connectivity index (χ1) is 18.1. The van der Waals surface area contributed by atoms with Crippen LogP contribution in [0, 0.1) is 11.8 Å². The third kappa shape index (κ3) is 4.20. The molecule has 1 aliphatic carbocycles. The Morgan fingerprint density at radius 2 is 1.30 bits per heavy atom. The Kier molecular flexibility index (Phi) is 5.85. The molecule has 4 atom stereocenters. The van der Waals surface area contributed by atoms with Crippen molar-refractivity contribution in [2.75, 3.05) is 6.79 Å². The number of carboxylic acid groups (broad SMARTS) is 1. The Hall–Kier alpha value is -4.58. The summed E-state index contributed by atoms with van der Waals surface area (Å²) >= 11 is 0. The minimum absolute atomic E-state index is 0.195. The van der Waals surface area contributed by atoms with Crippen molar-refractivity contribution < 1.29 is 28.9 Å². The lowest BCUT2D eigenvalue weighted by molar-refractivity contribution is -0.158. The van der Waals surface area contributed by atoms with E-state index in [1.165, 1.54) is 0 Å². The highest BCUT2D eigenvalue weighted by Gasteiger charge is 2.59. The lowest BCUT2D eigenvalue weighted by atomic mass is 9.52. The van der Waals surface area contributed by atoms with Crippen LogP contribution in [0.3, 0.4) is 0 Å². The maximum Gasteiger partial charge on any atom is 0.315 e. The summed E-state index contributed by atoms with van der Waals surface area (Å²) in [7, 11) is 0. The maximum atomic E-state index is 13.7. The van der Waals surface area contributed by atoms with Gasteiger partial charge in [0.2, 0.25) is 6.79 Å². The number of carbonyl (C=O) groups excluding carboxylic acids is 1. The standard InChI is InChI=1S/C31H24O6/c32-30(33)28-26(19-8-3-1-4-9-19)29(27(28)20-10-5-2-6-11-20)31(34)37-23-13-7-12-21(16-23)22-14-15-24-25(17-22)36-18-35-24/h1-17,26-29H,18H2,(H,32,33)/t26-,27?,28-,29?/m0/s1. The first kappa shape index (κ1) is 22.9. The summed E-state index contributed by atoms with van der Waals surface area (Å²) in [4.78, 5) is 26.1. The average molecular weight is 493 g/mol. The molecule has 2 aliphatic rings. The van der Waals surface area contributed by atoms with Crippen molar-refractivity contribution in [1.82, 2.24) is 0 Å². The molecular formula is C31H24O6. The predicted molar refractivity (Wildman–Crippen MR) is 137 cm³/mol. The second-order valence-electron chi connectivity index (χ2n) is 9.28. The van der Waals surface area contributed by atoms with Gasteiger partial charge in [-0.2, -0.15) is 0 Å². The van der Waals surface area contributed by atoms with Crippen LogP contribution in [0.15, 0.2) is 103 Å². The van der Waals surface area contributed by atoms with E-state index in [1.54, 1.807) is 12.1 Å². The molecule has 0 radical (unpaired) electrons. The minimum Gasteiger partial charge on any atom is -0.481 e. The van der Waals surface area contributed by atoms with Crippen molar-refractivity contribution in [3.8, 4) is 28.4 Å². The van der Waals surface area contributed by atoms with Crippen LogP contribution >= 0.6 is 0 Å². The molecule has 1 aliphatic heterocycles. The van der Waals surface area contributed by atoms with E-state index in [0.29, 0.717) is 17.2 Å². The molecule has 1 fully saturated rings. The molecule has 0 amide bonds. The van der Waals surface area contributed by atoms with Crippen molar-refractivity contribution in [2.45, 2.75) is 11.8 Å². The number of aliphatic carboxylic acids is 1. The highest BCUT2D eigenvalue weighted by molar-refractivity contribution is 5.86. The zero-order chi connectivity index (χ0) is 25.4. The van der Waals surface area contributed by atoms with E-state index in [2.05, 4.69) is 0 Å². The fourth-order valence-electron chi connectivity index (χ4n) is 5.53. The average Bonchev–Trinajstić information content (AvgIpc) is 3.37. The second kappa shape index (κ2) is 9.47. The Morgan fingerprint density at radius 3 is 1.95 bits per heavy atom. The number of rotatable bonds is 6. The van der Waals surface area contributed by atoms with Gasteiger partial charge in [0.05, 0.1) is 11.8 Å². The molecule has 37 heavy (non-hydrogen) atoms. The molecule has 0 bridgehead atoms. The lowest BCUT2D eigenvalue weighted by Gasteiger charge is -2.48. The highest BCUT2D eigenvalue weighted by atomic mass is 16.7. The first-order valence-electron chi connectivity index (χ1n) is 12.1. The largest absolute Gasteiger partial charge is 0.481 e. The third-order valence-corrected chi connectivity index (χ3v) is 7.23. The van der Waals surface area contributed by atoms with Gasteiger partial charge in [0.15, 0.2) is 11.5 Å². The van der Waals surface area contributed by atoms with Crippen LogP contribution in [0.25, 0.3) is 11.1 Å². The van der Waals surface area contributed by atoms with E-state index in [-0.39, 0.29) is 6.79 Å². The summed E-state index contributed by atoms with van der Waals surface area (Å²) in [6.07, 6.45) is 0. The van der Waals surface area contributed by atoms with Gasteiger partial charge < -0.3 is 19.3 Å². The van der Waals surface area contributed by atoms with Crippen LogP contribution in [0.2, 0.25) is 0 Å². The molecule has 6 rings (SSSR count). The summed E-state index contributed by atoms with van der Waals surface area (Å²) in [5, 5.41) is 10.1. The van der Waals surface area contributed by atoms with Gasteiger partial charge in [-0.25, -0.2) is 0 Å². The fourth-order valence-corrected chi connectivity index (χ4v) is 5.53. The molecule has 0 spiro atoms. The Bertz CT molecular complexity index is 1400.